The molecule has 2 rings (SSSR count). The van der Waals surface area contributed by atoms with Crippen LogP contribution in [-0.2, 0) is 9.59 Å². The minimum atomic E-state index is -0.379. The third-order valence-corrected chi connectivity index (χ3v) is 4.72. The predicted molar refractivity (Wildman–Crippen MR) is 98.6 cm³/mol. The summed E-state index contributed by atoms with van der Waals surface area (Å²) in [6, 6.07) is 7.64. The maximum Gasteiger partial charge on any atom is 0.229 e. The van der Waals surface area contributed by atoms with E-state index in [-0.39, 0.29) is 23.1 Å². The van der Waals surface area contributed by atoms with Gasteiger partial charge >= 0.3 is 0 Å². The van der Waals surface area contributed by atoms with Crippen molar-refractivity contribution in [2.75, 3.05) is 33.3 Å². The van der Waals surface area contributed by atoms with Gasteiger partial charge in [-0.25, -0.2) is 0 Å². The predicted octanol–water partition coefficient (Wildman–Crippen LogP) is 2.91. The fourth-order valence-corrected chi connectivity index (χ4v) is 3.12. The Hall–Kier alpha value is -2.04. The zero-order chi connectivity index (χ0) is 18.6. The average molecular weight is 346 g/mol. The summed E-state index contributed by atoms with van der Waals surface area (Å²) in [6.45, 7) is 10.4. The molecule has 1 aliphatic heterocycles. The first-order chi connectivity index (χ1) is 11.7. The van der Waals surface area contributed by atoms with Crippen molar-refractivity contribution < 1.29 is 14.3 Å². The monoisotopic (exact) mass is 346 g/mol. The van der Waals surface area contributed by atoms with Crippen molar-refractivity contribution in [1.29, 1.82) is 0 Å². The molecule has 0 bridgehead atoms. The van der Waals surface area contributed by atoms with Crippen molar-refractivity contribution in [2.45, 2.75) is 40.0 Å². The van der Waals surface area contributed by atoms with Crippen molar-refractivity contribution in [2.24, 2.45) is 5.41 Å². The van der Waals surface area contributed by atoms with E-state index in [4.69, 9.17) is 4.74 Å². The third kappa shape index (κ3) is 4.74. The summed E-state index contributed by atoms with van der Waals surface area (Å²) in [5.41, 5.74) is 0.605. The van der Waals surface area contributed by atoms with Crippen LogP contribution in [0.25, 0.3) is 0 Å². The standard InChI is InChI=1S/C20H30N2O3/c1-15(16-7-9-17(25-5)10-8-16)18(23)21-11-6-12-22(14-13-21)19(24)20(2,3)4/h7-10,15H,6,11-14H2,1-5H3. The first kappa shape index (κ1) is 19.3. The van der Waals surface area contributed by atoms with Crippen LogP contribution in [-0.4, -0.2) is 54.9 Å². The SMILES string of the molecule is COc1ccc(C(C)C(=O)N2CCCN(C(=O)C(C)(C)C)CC2)cc1. The smallest absolute Gasteiger partial charge is 0.229 e. The molecule has 25 heavy (non-hydrogen) atoms. The lowest BCUT2D eigenvalue weighted by molar-refractivity contribution is -0.140. The van der Waals surface area contributed by atoms with E-state index in [0.29, 0.717) is 19.6 Å². The minimum absolute atomic E-state index is 0.121. The fourth-order valence-electron chi connectivity index (χ4n) is 3.12. The minimum Gasteiger partial charge on any atom is -0.497 e. The maximum atomic E-state index is 12.9. The quantitative estimate of drug-likeness (QED) is 0.845. The molecule has 0 N–H and O–H groups in total. The topological polar surface area (TPSA) is 49.9 Å². The lowest BCUT2D eigenvalue weighted by atomic mass is 9.94. The molecule has 1 heterocycles. The lowest BCUT2D eigenvalue weighted by Gasteiger charge is -2.29. The third-order valence-electron chi connectivity index (χ3n) is 4.72. The van der Waals surface area contributed by atoms with E-state index in [1.807, 2.05) is 61.8 Å². The van der Waals surface area contributed by atoms with Crippen molar-refractivity contribution in [3.63, 3.8) is 0 Å². The first-order valence-electron chi connectivity index (χ1n) is 8.96. The Morgan fingerprint density at radius 1 is 1.00 bits per heavy atom. The molecule has 1 aromatic carbocycles. The first-order valence-corrected chi connectivity index (χ1v) is 8.96. The molecule has 138 valence electrons. The molecular weight excluding hydrogens is 316 g/mol. The van der Waals surface area contributed by atoms with Gasteiger partial charge in [0.2, 0.25) is 11.8 Å². The molecule has 5 nitrogen and oxygen atoms in total. The van der Waals surface area contributed by atoms with Gasteiger partial charge in [0, 0.05) is 31.6 Å². The van der Waals surface area contributed by atoms with Gasteiger partial charge in [-0.2, -0.15) is 0 Å². The van der Waals surface area contributed by atoms with Crippen LogP contribution in [0, 0.1) is 5.41 Å². The van der Waals surface area contributed by atoms with Gasteiger partial charge in [-0.05, 0) is 31.0 Å². The van der Waals surface area contributed by atoms with Gasteiger partial charge in [-0.15, -0.1) is 0 Å². The van der Waals surface area contributed by atoms with E-state index in [1.165, 1.54) is 0 Å². The molecular formula is C20H30N2O3. The number of amides is 2. The number of nitrogens with zero attached hydrogens (tertiary/aromatic N) is 2. The van der Waals surface area contributed by atoms with E-state index in [0.717, 1.165) is 24.3 Å². The number of rotatable bonds is 3. The van der Waals surface area contributed by atoms with Crippen molar-refractivity contribution >= 4 is 11.8 Å². The molecule has 1 aliphatic rings. The number of benzene rings is 1. The number of carbonyl (C=O) groups excluding carboxylic acids is 2. The average Bonchev–Trinajstić information content (AvgIpc) is 2.85. The van der Waals surface area contributed by atoms with E-state index in [2.05, 4.69) is 0 Å². The van der Waals surface area contributed by atoms with Gasteiger partial charge in [0.05, 0.1) is 13.0 Å². The number of hydrogen-bond acceptors (Lipinski definition) is 3. The molecule has 1 saturated heterocycles. The van der Waals surface area contributed by atoms with Crippen LogP contribution in [0.1, 0.15) is 45.6 Å². The Morgan fingerprint density at radius 3 is 2.12 bits per heavy atom. The highest BCUT2D eigenvalue weighted by Crippen LogP contribution is 2.23. The molecule has 0 aromatic heterocycles. The molecule has 0 radical (unpaired) electrons. The van der Waals surface area contributed by atoms with Crippen LogP contribution in [0.15, 0.2) is 24.3 Å². The van der Waals surface area contributed by atoms with E-state index >= 15 is 0 Å². The molecule has 0 aliphatic carbocycles. The van der Waals surface area contributed by atoms with Crippen LogP contribution in [0.2, 0.25) is 0 Å². The molecule has 0 saturated carbocycles. The summed E-state index contributed by atoms with van der Waals surface area (Å²) in [4.78, 5) is 29.1. The highest BCUT2D eigenvalue weighted by Gasteiger charge is 2.30. The van der Waals surface area contributed by atoms with Crippen LogP contribution < -0.4 is 4.74 Å². The lowest BCUT2D eigenvalue weighted by Crippen LogP contribution is -2.42. The largest absolute Gasteiger partial charge is 0.497 e. The highest BCUT2D eigenvalue weighted by molar-refractivity contribution is 5.84. The van der Waals surface area contributed by atoms with Crippen LogP contribution in [0.5, 0.6) is 5.75 Å². The van der Waals surface area contributed by atoms with Crippen molar-refractivity contribution in [1.82, 2.24) is 9.80 Å². The molecule has 1 unspecified atom stereocenters. The fraction of sp³-hybridized carbons (Fsp3) is 0.600. The number of hydrogen-bond donors (Lipinski definition) is 0. The van der Waals surface area contributed by atoms with Gasteiger partial charge in [-0.1, -0.05) is 32.9 Å². The summed E-state index contributed by atoms with van der Waals surface area (Å²) < 4.78 is 5.17. The van der Waals surface area contributed by atoms with Gasteiger partial charge < -0.3 is 14.5 Å². The Balaban J connectivity index is 2.01. The Morgan fingerprint density at radius 2 is 1.56 bits per heavy atom. The molecule has 1 fully saturated rings. The zero-order valence-electron chi connectivity index (χ0n) is 16.0. The number of methoxy groups -OCH3 is 1. The second-order valence-electron chi connectivity index (χ2n) is 7.72. The summed E-state index contributed by atoms with van der Waals surface area (Å²) in [6.07, 6.45) is 0.822. The summed E-state index contributed by atoms with van der Waals surface area (Å²) in [7, 11) is 1.63. The molecule has 1 atom stereocenters. The van der Waals surface area contributed by atoms with E-state index < -0.39 is 0 Å². The van der Waals surface area contributed by atoms with E-state index in [9.17, 15) is 9.59 Å². The van der Waals surface area contributed by atoms with Crippen LogP contribution >= 0.6 is 0 Å². The van der Waals surface area contributed by atoms with Crippen molar-refractivity contribution in [3.05, 3.63) is 29.8 Å². The molecule has 2 amide bonds. The zero-order valence-corrected chi connectivity index (χ0v) is 16.0. The molecule has 1 aromatic rings. The Kier molecular flexibility index (Phi) is 6.09. The van der Waals surface area contributed by atoms with Gasteiger partial charge in [0.1, 0.15) is 5.75 Å². The number of ether oxygens (including phenoxy) is 1. The second-order valence-corrected chi connectivity index (χ2v) is 7.72. The Bertz CT molecular complexity index is 604. The maximum absolute atomic E-state index is 12.9. The number of carbonyl (C=O) groups is 2. The second kappa shape index (κ2) is 7.89. The van der Waals surface area contributed by atoms with Crippen molar-refractivity contribution in [3.8, 4) is 5.75 Å². The summed E-state index contributed by atoms with van der Waals surface area (Å²) in [5, 5.41) is 0. The van der Waals surface area contributed by atoms with Gasteiger partial charge in [0.15, 0.2) is 0 Å². The normalized spacial score (nSPS) is 17.0. The van der Waals surface area contributed by atoms with Crippen LogP contribution in [0.3, 0.4) is 0 Å². The van der Waals surface area contributed by atoms with E-state index in [1.54, 1.807) is 7.11 Å². The van der Waals surface area contributed by atoms with Crippen LogP contribution in [0.4, 0.5) is 0 Å². The highest BCUT2D eigenvalue weighted by atomic mass is 16.5. The van der Waals surface area contributed by atoms with Gasteiger partial charge in [-0.3, -0.25) is 9.59 Å². The summed E-state index contributed by atoms with van der Waals surface area (Å²) in [5.74, 6) is 0.866. The molecule has 0 spiro atoms. The Labute approximate surface area is 150 Å². The van der Waals surface area contributed by atoms with Gasteiger partial charge in [0.25, 0.3) is 0 Å². The summed E-state index contributed by atoms with van der Waals surface area (Å²) >= 11 is 0. The molecule has 5 heteroatoms.